The van der Waals surface area contributed by atoms with E-state index in [2.05, 4.69) is 4.98 Å². The predicted molar refractivity (Wildman–Crippen MR) is 73.5 cm³/mol. The number of methoxy groups -OCH3 is 1. The highest BCUT2D eigenvalue weighted by atomic mass is 32.1. The maximum atomic E-state index is 11.7. The first-order chi connectivity index (χ1) is 9.65. The van der Waals surface area contributed by atoms with Crippen molar-refractivity contribution in [1.82, 2.24) is 9.88 Å². The normalized spacial score (nSPS) is 19.0. The number of ether oxygens (including phenoxy) is 2. The minimum absolute atomic E-state index is 0.201. The van der Waals surface area contributed by atoms with Crippen LogP contribution in [0.4, 0.5) is 0 Å². The molecule has 2 rings (SSSR count). The molecule has 0 N–H and O–H groups in total. The molecule has 6 nitrogen and oxygen atoms in total. The molecular formula is C13H18N2O4S. The summed E-state index contributed by atoms with van der Waals surface area (Å²) < 4.78 is 9.71. The van der Waals surface area contributed by atoms with Crippen molar-refractivity contribution in [1.29, 1.82) is 0 Å². The van der Waals surface area contributed by atoms with E-state index < -0.39 is 5.97 Å². The summed E-state index contributed by atoms with van der Waals surface area (Å²) >= 11 is 1.27. The molecule has 110 valence electrons. The predicted octanol–water partition coefficient (Wildman–Crippen LogP) is 1.46. The standard InChI is InChI=1S/C13H18N2O4S/c1-3-19-13(17)11-14-9(8-20-11)7-15-6-4-5-10(15)12(16)18-2/h8,10H,3-7H2,1-2H3. The Hall–Kier alpha value is -1.47. The van der Waals surface area contributed by atoms with Crippen molar-refractivity contribution in [3.05, 3.63) is 16.1 Å². The maximum Gasteiger partial charge on any atom is 0.367 e. The van der Waals surface area contributed by atoms with Crippen LogP contribution in [0.15, 0.2) is 5.38 Å². The number of esters is 2. The number of hydrogen-bond donors (Lipinski definition) is 0. The number of hydrogen-bond acceptors (Lipinski definition) is 7. The fourth-order valence-corrected chi connectivity index (χ4v) is 2.99. The average molecular weight is 298 g/mol. The molecule has 2 heterocycles. The van der Waals surface area contributed by atoms with Crippen molar-refractivity contribution >= 4 is 23.3 Å². The van der Waals surface area contributed by atoms with E-state index in [0.717, 1.165) is 25.1 Å². The monoisotopic (exact) mass is 298 g/mol. The van der Waals surface area contributed by atoms with Gasteiger partial charge in [0.15, 0.2) is 0 Å². The zero-order chi connectivity index (χ0) is 14.5. The van der Waals surface area contributed by atoms with Gasteiger partial charge in [-0.1, -0.05) is 0 Å². The van der Waals surface area contributed by atoms with Crippen LogP contribution in [0.2, 0.25) is 0 Å². The first-order valence-electron chi connectivity index (χ1n) is 6.59. The third-order valence-electron chi connectivity index (χ3n) is 3.20. The summed E-state index contributed by atoms with van der Waals surface area (Å²) in [5.74, 6) is -0.599. The van der Waals surface area contributed by atoms with Crippen LogP contribution in [0.1, 0.15) is 35.3 Å². The quantitative estimate of drug-likeness (QED) is 0.767. The highest BCUT2D eigenvalue weighted by Gasteiger charge is 2.31. The van der Waals surface area contributed by atoms with Crippen LogP contribution in [0, 0.1) is 0 Å². The van der Waals surface area contributed by atoms with Gasteiger partial charge in [-0.2, -0.15) is 0 Å². The molecule has 7 heteroatoms. The Kier molecular flexibility index (Phi) is 5.08. The molecule has 0 radical (unpaired) electrons. The van der Waals surface area contributed by atoms with E-state index in [0.29, 0.717) is 18.2 Å². The lowest BCUT2D eigenvalue weighted by molar-refractivity contribution is -0.146. The maximum absolute atomic E-state index is 11.7. The second-order valence-corrected chi connectivity index (χ2v) is 5.37. The third-order valence-corrected chi connectivity index (χ3v) is 4.07. The van der Waals surface area contributed by atoms with E-state index >= 15 is 0 Å². The van der Waals surface area contributed by atoms with Crippen LogP contribution >= 0.6 is 11.3 Å². The topological polar surface area (TPSA) is 68.7 Å². The van der Waals surface area contributed by atoms with Crippen LogP contribution < -0.4 is 0 Å². The summed E-state index contributed by atoms with van der Waals surface area (Å²) in [6, 6.07) is -0.201. The summed E-state index contributed by atoms with van der Waals surface area (Å²) in [5.41, 5.74) is 0.786. The molecule has 1 aromatic rings. The SMILES string of the molecule is CCOC(=O)c1nc(CN2CCCC2C(=O)OC)cs1. The molecule has 1 atom stereocenters. The largest absolute Gasteiger partial charge is 0.468 e. The van der Waals surface area contributed by atoms with Crippen molar-refractivity contribution in [3.8, 4) is 0 Å². The lowest BCUT2D eigenvalue weighted by atomic mass is 10.2. The van der Waals surface area contributed by atoms with Gasteiger partial charge in [-0.3, -0.25) is 9.69 Å². The Labute approximate surface area is 121 Å². The lowest BCUT2D eigenvalue weighted by Gasteiger charge is -2.20. The van der Waals surface area contributed by atoms with Crippen LogP contribution in [0.3, 0.4) is 0 Å². The van der Waals surface area contributed by atoms with Gasteiger partial charge in [0.05, 0.1) is 19.4 Å². The second kappa shape index (κ2) is 6.81. The summed E-state index contributed by atoms with van der Waals surface area (Å²) in [5, 5.41) is 2.19. The first kappa shape index (κ1) is 14.9. The zero-order valence-corrected chi connectivity index (χ0v) is 12.4. The van der Waals surface area contributed by atoms with Gasteiger partial charge in [-0.25, -0.2) is 9.78 Å². The first-order valence-corrected chi connectivity index (χ1v) is 7.47. The summed E-state index contributed by atoms with van der Waals surface area (Å²) in [6.07, 6.45) is 1.77. The number of rotatable bonds is 5. The molecule has 1 saturated heterocycles. The smallest absolute Gasteiger partial charge is 0.367 e. The molecule has 1 aliphatic rings. The highest BCUT2D eigenvalue weighted by Crippen LogP contribution is 2.22. The van der Waals surface area contributed by atoms with E-state index in [1.165, 1.54) is 18.4 Å². The molecule has 0 amide bonds. The molecular weight excluding hydrogens is 280 g/mol. The van der Waals surface area contributed by atoms with E-state index in [1.54, 1.807) is 6.92 Å². The fourth-order valence-electron chi connectivity index (χ4n) is 2.29. The molecule has 0 aliphatic carbocycles. The Morgan fingerprint density at radius 2 is 2.35 bits per heavy atom. The minimum atomic E-state index is -0.394. The molecule has 0 aromatic carbocycles. The van der Waals surface area contributed by atoms with E-state index in [1.807, 2.05) is 10.3 Å². The van der Waals surface area contributed by atoms with Gasteiger partial charge in [0.25, 0.3) is 0 Å². The molecule has 1 unspecified atom stereocenters. The highest BCUT2D eigenvalue weighted by molar-refractivity contribution is 7.11. The Morgan fingerprint density at radius 3 is 3.05 bits per heavy atom. The number of carbonyl (C=O) groups excluding carboxylic acids is 2. The Balaban J connectivity index is 1.99. The number of thiazole rings is 1. The van der Waals surface area contributed by atoms with Gasteiger partial charge >= 0.3 is 11.9 Å². The number of aromatic nitrogens is 1. The molecule has 1 fully saturated rings. The van der Waals surface area contributed by atoms with Gasteiger partial charge in [0.2, 0.25) is 5.01 Å². The second-order valence-electron chi connectivity index (χ2n) is 4.52. The van der Waals surface area contributed by atoms with E-state index in [4.69, 9.17) is 9.47 Å². The van der Waals surface area contributed by atoms with E-state index in [9.17, 15) is 9.59 Å². The molecule has 0 saturated carbocycles. The summed E-state index contributed by atoms with van der Waals surface area (Å²) in [4.78, 5) is 29.5. The van der Waals surface area contributed by atoms with Crippen molar-refractivity contribution in [3.63, 3.8) is 0 Å². The Morgan fingerprint density at radius 1 is 1.55 bits per heavy atom. The number of nitrogens with zero attached hydrogens (tertiary/aromatic N) is 2. The zero-order valence-electron chi connectivity index (χ0n) is 11.6. The van der Waals surface area contributed by atoms with Crippen molar-refractivity contribution in [2.45, 2.75) is 32.4 Å². The van der Waals surface area contributed by atoms with Gasteiger partial charge in [-0.15, -0.1) is 11.3 Å². The van der Waals surface area contributed by atoms with Crippen LogP contribution in [0.25, 0.3) is 0 Å². The molecule has 1 aliphatic heterocycles. The van der Waals surface area contributed by atoms with Gasteiger partial charge in [0.1, 0.15) is 6.04 Å². The van der Waals surface area contributed by atoms with Crippen LogP contribution in [-0.4, -0.2) is 48.1 Å². The van der Waals surface area contributed by atoms with Gasteiger partial charge in [-0.05, 0) is 26.3 Å². The van der Waals surface area contributed by atoms with Crippen LogP contribution in [-0.2, 0) is 20.8 Å². The third kappa shape index (κ3) is 3.34. The van der Waals surface area contributed by atoms with Gasteiger partial charge < -0.3 is 9.47 Å². The molecule has 0 spiro atoms. The summed E-state index contributed by atoms with van der Waals surface area (Å²) in [6.45, 7) is 3.49. The fraction of sp³-hybridized carbons (Fsp3) is 0.615. The average Bonchev–Trinajstić information content (AvgIpc) is 3.08. The minimum Gasteiger partial charge on any atom is -0.468 e. The van der Waals surface area contributed by atoms with Crippen molar-refractivity contribution in [2.75, 3.05) is 20.3 Å². The number of carbonyl (C=O) groups is 2. The summed E-state index contributed by atoms with van der Waals surface area (Å²) in [7, 11) is 1.40. The molecule has 0 bridgehead atoms. The molecule has 1 aromatic heterocycles. The lowest BCUT2D eigenvalue weighted by Crippen LogP contribution is -2.36. The van der Waals surface area contributed by atoms with Crippen LogP contribution in [0.5, 0.6) is 0 Å². The van der Waals surface area contributed by atoms with Crippen molar-refractivity contribution < 1.29 is 19.1 Å². The van der Waals surface area contributed by atoms with E-state index in [-0.39, 0.29) is 12.0 Å². The number of likely N-dealkylation sites (tertiary alicyclic amines) is 1. The van der Waals surface area contributed by atoms with Gasteiger partial charge in [0, 0.05) is 11.9 Å². The van der Waals surface area contributed by atoms with Crippen molar-refractivity contribution in [2.24, 2.45) is 0 Å². The Bertz CT molecular complexity index is 488. The molecule has 20 heavy (non-hydrogen) atoms.